The van der Waals surface area contributed by atoms with Gasteiger partial charge in [-0.2, -0.15) is 0 Å². The van der Waals surface area contributed by atoms with Gasteiger partial charge in [-0.25, -0.2) is 4.79 Å². The van der Waals surface area contributed by atoms with Gasteiger partial charge in [0.15, 0.2) is 0 Å². The number of methoxy groups -OCH3 is 2. The first-order chi connectivity index (χ1) is 19.9. The second-order valence-corrected chi connectivity index (χ2v) is 11.2. The standard InChI is InChI=1S/C30H42N2O8S/c1-36-13-4-11-31-12-14-38-26-10-5-21(15-25(26)31)18-39-27-16-32(30(34)35)17-28(40-20-23(33)19-37-2)29(27)22-6-8-24(41-3)9-7-22/h5-10,15,23,27-29,33H,4,11-14,16-20H2,1-3H3,(H,34,35)/t23-,27+,28-,29-/m1/s1. The van der Waals surface area contributed by atoms with Crippen molar-refractivity contribution in [3.63, 3.8) is 0 Å². The highest BCUT2D eigenvalue weighted by Gasteiger charge is 2.41. The second-order valence-electron chi connectivity index (χ2n) is 10.3. The van der Waals surface area contributed by atoms with E-state index < -0.39 is 24.4 Å². The van der Waals surface area contributed by atoms with Crippen molar-refractivity contribution in [1.82, 2.24) is 4.90 Å². The molecule has 2 aromatic rings. The number of amides is 1. The van der Waals surface area contributed by atoms with E-state index in [1.165, 1.54) is 12.0 Å². The molecule has 1 saturated heterocycles. The molecule has 2 heterocycles. The minimum absolute atomic E-state index is 0.0296. The Morgan fingerprint density at radius 2 is 1.83 bits per heavy atom. The number of aliphatic hydroxyl groups excluding tert-OH is 1. The molecule has 226 valence electrons. The maximum atomic E-state index is 12.1. The van der Waals surface area contributed by atoms with Crippen LogP contribution in [-0.2, 0) is 25.6 Å². The van der Waals surface area contributed by atoms with E-state index in [2.05, 4.69) is 35.2 Å². The van der Waals surface area contributed by atoms with Gasteiger partial charge >= 0.3 is 6.09 Å². The molecule has 1 fully saturated rings. The Kier molecular flexibility index (Phi) is 12.0. The van der Waals surface area contributed by atoms with Gasteiger partial charge in [-0.1, -0.05) is 18.2 Å². The van der Waals surface area contributed by atoms with Gasteiger partial charge in [0.25, 0.3) is 0 Å². The van der Waals surface area contributed by atoms with Crippen molar-refractivity contribution in [3.8, 4) is 5.75 Å². The van der Waals surface area contributed by atoms with E-state index in [1.54, 1.807) is 18.9 Å². The summed E-state index contributed by atoms with van der Waals surface area (Å²) in [4.78, 5) is 16.9. The molecule has 4 atom stereocenters. The largest absolute Gasteiger partial charge is 0.490 e. The normalized spacial score (nSPS) is 21.3. The van der Waals surface area contributed by atoms with Crippen molar-refractivity contribution in [2.45, 2.75) is 42.2 Å². The number of ether oxygens (including phenoxy) is 5. The van der Waals surface area contributed by atoms with E-state index >= 15 is 0 Å². The number of hydrogen-bond acceptors (Lipinski definition) is 9. The Morgan fingerprint density at radius 1 is 1.07 bits per heavy atom. The predicted octanol–water partition coefficient (Wildman–Crippen LogP) is 3.70. The third-order valence-corrected chi connectivity index (χ3v) is 8.20. The number of fused-ring (bicyclic) bond motifs is 1. The zero-order valence-electron chi connectivity index (χ0n) is 24.1. The maximum absolute atomic E-state index is 12.1. The number of anilines is 1. The first-order valence-electron chi connectivity index (χ1n) is 13.9. The fourth-order valence-electron chi connectivity index (χ4n) is 5.42. The monoisotopic (exact) mass is 590 g/mol. The average molecular weight is 591 g/mol. The van der Waals surface area contributed by atoms with Gasteiger partial charge in [0.2, 0.25) is 0 Å². The molecule has 10 nitrogen and oxygen atoms in total. The van der Waals surface area contributed by atoms with Crippen molar-refractivity contribution in [3.05, 3.63) is 53.6 Å². The number of benzene rings is 2. The molecular formula is C30H42N2O8S. The molecule has 0 radical (unpaired) electrons. The lowest BCUT2D eigenvalue weighted by molar-refractivity contribution is -0.107. The molecule has 2 N–H and O–H groups in total. The van der Waals surface area contributed by atoms with Gasteiger partial charge in [-0.15, -0.1) is 11.8 Å². The molecule has 1 amide bonds. The minimum Gasteiger partial charge on any atom is -0.490 e. The number of nitrogens with zero attached hydrogens (tertiary/aromatic N) is 2. The van der Waals surface area contributed by atoms with Crippen LogP contribution in [0.25, 0.3) is 0 Å². The Morgan fingerprint density at radius 3 is 2.51 bits per heavy atom. The molecule has 0 spiro atoms. The Balaban J connectivity index is 1.56. The van der Waals surface area contributed by atoms with E-state index in [0.717, 1.165) is 47.0 Å². The highest BCUT2D eigenvalue weighted by Crippen LogP contribution is 2.36. The lowest BCUT2D eigenvalue weighted by Crippen LogP contribution is -2.54. The van der Waals surface area contributed by atoms with Crippen LogP contribution >= 0.6 is 11.8 Å². The molecule has 0 aromatic heterocycles. The lowest BCUT2D eigenvalue weighted by atomic mass is 9.84. The van der Waals surface area contributed by atoms with E-state index in [4.69, 9.17) is 23.7 Å². The van der Waals surface area contributed by atoms with Crippen LogP contribution in [0.1, 0.15) is 23.5 Å². The topological polar surface area (TPSA) is 110 Å². The molecule has 0 unspecified atom stereocenters. The maximum Gasteiger partial charge on any atom is 0.407 e. The lowest BCUT2D eigenvalue weighted by Gasteiger charge is -2.43. The van der Waals surface area contributed by atoms with Crippen molar-refractivity contribution in [2.24, 2.45) is 0 Å². The predicted molar refractivity (Wildman–Crippen MR) is 157 cm³/mol. The third-order valence-electron chi connectivity index (χ3n) is 7.46. The Bertz CT molecular complexity index is 1100. The highest BCUT2D eigenvalue weighted by molar-refractivity contribution is 7.98. The first kappa shape index (κ1) is 31.4. The van der Waals surface area contributed by atoms with Crippen LogP contribution in [0.5, 0.6) is 5.75 Å². The number of carbonyl (C=O) groups is 1. The summed E-state index contributed by atoms with van der Waals surface area (Å²) >= 11 is 1.66. The summed E-state index contributed by atoms with van der Waals surface area (Å²) in [7, 11) is 3.23. The number of likely N-dealkylation sites (tertiary alicyclic amines) is 1. The fourth-order valence-corrected chi connectivity index (χ4v) is 5.83. The van der Waals surface area contributed by atoms with Crippen LogP contribution in [0.2, 0.25) is 0 Å². The molecule has 0 aliphatic carbocycles. The second kappa shape index (κ2) is 15.6. The molecule has 0 bridgehead atoms. The summed E-state index contributed by atoms with van der Waals surface area (Å²) < 4.78 is 28.9. The van der Waals surface area contributed by atoms with Crippen molar-refractivity contribution < 1.29 is 38.7 Å². The average Bonchev–Trinajstić information content (AvgIpc) is 2.99. The first-order valence-corrected chi connectivity index (χ1v) is 15.2. The number of rotatable bonds is 14. The molecular weight excluding hydrogens is 548 g/mol. The van der Waals surface area contributed by atoms with E-state index in [9.17, 15) is 15.0 Å². The summed E-state index contributed by atoms with van der Waals surface area (Å²) in [5.41, 5.74) is 3.01. The number of carboxylic acid groups (broad SMARTS) is 1. The van der Waals surface area contributed by atoms with Gasteiger partial charge < -0.3 is 43.7 Å². The van der Waals surface area contributed by atoms with Crippen LogP contribution in [0, 0.1) is 0 Å². The fraction of sp³-hybridized carbons (Fsp3) is 0.567. The number of aliphatic hydroxyl groups is 1. The zero-order valence-corrected chi connectivity index (χ0v) is 24.9. The molecule has 4 rings (SSSR count). The van der Waals surface area contributed by atoms with Crippen LogP contribution in [-0.4, -0.2) is 113 Å². The molecule has 0 saturated carbocycles. The Labute approximate surface area is 246 Å². The summed E-state index contributed by atoms with van der Waals surface area (Å²) in [6.07, 6.45) is 0.125. The van der Waals surface area contributed by atoms with Gasteiger partial charge in [-0.05, 0) is 48.1 Å². The molecule has 2 aliphatic rings. The van der Waals surface area contributed by atoms with Crippen LogP contribution < -0.4 is 9.64 Å². The van der Waals surface area contributed by atoms with Crippen molar-refractivity contribution in [1.29, 1.82) is 0 Å². The van der Waals surface area contributed by atoms with E-state index in [-0.39, 0.29) is 32.2 Å². The zero-order chi connectivity index (χ0) is 29.2. The Hall–Kier alpha value is -2.54. The van der Waals surface area contributed by atoms with E-state index in [1.807, 2.05) is 18.4 Å². The number of piperidine rings is 1. The summed E-state index contributed by atoms with van der Waals surface area (Å²) in [6, 6.07) is 14.3. The van der Waals surface area contributed by atoms with E-state index in [0.29, 0.717) is 19.8 Å². The minimum atomic E-state index is -1.03. The smallest absolute Gasteiger partial charge is 0.407 e. The summed E-state index contributed by atoms with van der Waals surface area (Å²) in [6.45, 7) is 3.86. The van der Waals surface area contributed by atoms with Gasteiger partial charge in [0.05, 0.1) is 57.4 Å². The number of hydrogen-bond donors (Lipinski definition) is 2. The molecule has 41 heavy (non-hydrogen) atoms. The quantitative estimate of drug-likeness (QED) is 0.250. The molecule has 11 heteroatoms. The van der Waals surface area contributed by atoms with Crippen LogP contribution in [0.4, 0.5) is 10.5 Å². The van der Waals surface area contributed by atoms with Gasteiger partial charge in [0, 0.05) is 38.2 Å². The summed E-state index contributed by atoms with van der Waals surface area (Å²) in [5.74, 6) is 0.615. The molecule has 2 aliphatic heterocycles. The van der Waals surface area contributed by atoms with Crippen molar-refractivity contribution >= 4 is 23.5 Å². The van der Waals surface area contributed by atoms with Gasteiger partial charge in [-0.3, -0.25) is 0 Å². The number of thioether (sulfide) groups is 1. The summed E-state index contributed by atoms with van der Waals surface area (Å²) in [5, 5.41) is 20.2. The van der Waals surface area contributed by atoms with Crippen LogP contribution in [0.3, 0.4) is 0 Å². The van der Waals surface area contributed by atoms with Gasteiger partial charge in [0.1, 0.15) is 18.5 Å². The highest BCUT2D eigenvalue weighted by atomic mass is 32.2. The molecule has 2 aromatic carbocycles. The van der Waals surface area contributed by atoms with Crippen molar-refractivity contribution in [2.75, 3.05) is 78.0 Å². The third kappa shape index (κ3) is 8.50. The SMILES string of the molecule is COCCCN1CCOc2ccc(CO[C@H]3CN(C(=O)O)C[C@@H](OC[C@H](O)COC)[C@@H]3c3ccc(SC)cc3)cc21. The van der Waals surface area contributed by atoms with Crippen LogP contribution in [0.15, 0.2) is 47.4 Å².